The fourth-order valence-electron chi connectivity index (χ4n) is 2.91. The number of aromatic nitrogens is 2. The molecule has 0 aliphatic heterocycles. The number of amides is 1. The van der Waals surface area contributed by atoms with Crippen molar-refractivity contribution in [2.75, 3.05) is 5.32 Å². The fourth-order valence-corrected chi connectivity index (χ4v) is 2.91. The van der Waals surface area contributed by atoms with E-state index in [1.54, 1.807) is 28.8 Å². The van der Waals surface area contributed by atoms with Crippen molar-refractivity contribution in [3.8, 4) is 11.3 Å². The highest BCUT2D eigenvalue weighted by molar-refractivity contribution is 6.05. The average molecular weight is 399 g/mol. The quantitative estimate of drug-likeness (QED) is 0.468. The van der Waals surface area contributed by atoms with Gasteiger partial charge in [-0.15, -0.1) is 0 Å². The van der Waals surface area contributed by atoms with Crippen molar-refractivity contribution in [1.29, 1.82) is 0 Å². The molecule has 8 heteroatoms. The Balaban J connectivity index is 1.77. The Kier molecular flexibility index (Phi) is 4.54. The van der Waals surface area contributed by atoms with Crippen LogP contribution in [0.15, 0.2) is 72.9 Å². The third-order valence-corrected chi connectivity index (χ3v) is 4.35. The minimum absolute atomic E-state index is 0.232. The standard InChI is InChI=1S/C21H13F4N3O/c22-16-10-6-14(7-11-16)20(29)27-19-18(26-17-3-1-2-12-28(17)19)13-4-8-15(9-5-13)21(23,24)25/h1-12H,(H,27,29). The minimum Gasteiger partial charge on any atom is -0.306 e. The second kappa shape index (κ2) is 7.05. The molecule has 29 heavy (non-hydrogen) atoms. The Morgan fingerprint density at radius 3 is 2.28 bits per heavy atom. The van der Waals surface area contributed by atoms with E-state index in [-0.39, 0.29) is 5.56 Å². The molecule has 2 heterocycles. The Labute approximate surface area is 162 Å². The van der Waals surface area contributed by atoms with E-state index in [1.165, 1.54) is 36.4 Å². The SMILES string of the molecule is O=C(Nc1c(-c2ccc(C(F)(F)F)cc2)nc2ccccn12)c1ccc(F)cc1. The first-order chi connectivity index (χ1) is 13.8. The molecule has 0 fully saturated rings. The van der Waals surface area contributed by atoms with E-state index in [1.807, 2.05) is 0 Å². The number of fused-ring (bicyclic) bond motifs is 1. The van der Waals surface area contributed by atoms with Gasteiger partial charge in [0.15, 0.2) is 0 Å². The maximum absolute atomic E-state index is 13.1. The van der Waals surface area contributed by atoms with E-state index >= 15 is 0 Å². The number of nitrogens with zero attached hydrogens (tertiary/aromatic N) is 2. The molecule has 0 radical (unpaired) electrons. The van der Waals surface area contributed by atoms with Crippen LogP contribution in [0, 0.1) is 5.82 Å². The first-order valence-corrected chi connectivity index (χ1v) is 8.54. The van der Waals surface area contributed by atoms with Crippen LogP contribution in [0.2, 0.25) is 0 Å². The van der Waals surface area contributed by atoms with Crippen molar-refractivity contribution in [3.63, 3.8) is 0 Å². The van der Waals surface area contributed by atoms with Crippen molar-refractivity contribution in [2.24, 2.45) is 0 Å². The van der Waals surface area contributed by atoms with Crippen LogP contribution in [0.3, 0.4) is 0 Å². The van der Waals surface area contributed by atoms with Crippen molar-refractivity contribution >= 4 is 17.4 Å². The molecule has 0 unspecified atom stereocenters. The Morgan fingerprint density at radius 1 is 0.931 bits per heavy atom. The number of nitrogens with one attached hydrogen (secondary N) is 1. The second-order valence-corrected chi connectivity index (χ2v) is 6.27. The lowest BCUT2D eigenvalue weighted by molar-refractivity contribution is -0.137. The molecule has 0 spiro atoms. The van der Waals surface area contributed by atoms with Crippen LogP contribution in [-0.4, -0.2) is 15.3 Å². The number of benzene rings is 2. The number of hydrogen-bond donors (Lipinski definition) is 1. The van der Waals surface area contributed by atoms with Gasteiger partial charge in [-0.25, -0.2) is 9.37 Å². The molecule has 0 saturated carbocycles. The van der Waals surface area contributed by atoms with E-state index in [0.29, 0.717) is 22.7 Å². The van der Waals surface area contributed by atoms with Gasteiger partial charge in [0.25, 0.3) is 5.91 Å². The molecule has 4 aromatic rings. The van der Waals surface area contributed by atoms with E-state index in [0.717, 1.165) is 12.1 Å². The van der Waals surface area contributed by atoms with Crippen LogP contribution in [0.5, 0.6) is 0 Å². The van der Waals surface area contributed by atoms with Gasteiger partial charge < -0.3 is 5.32 Å². The van der Waals surface area contributed by atoms with E-state index < -0.39 is 23.5 Å². The highest BCUT2D eigenvalue weighted by Crippen LogP contribution is 2.33. The van der Waals surface area contributed by atoms with Crippen LogP contribution in [-0.2, 0) is 6.18 Å². The van der Waals surface area contributed by atoms with Gasteiger partial charge in [0.2, 0.25) is 0 Å². The van der Waals surface area contributed by atoms with Crippen LogP contribution < -0.4 is 5.32 Å². The van der Waals surface area contributed by atoms with Crippen molar-refractivity contribution < 1.29 is 22.4 Å². The normalized spacial score (nSPS) is 11.6. The number of anilines is 1. The molecule has 1 N–H and O–H groups in total. The molecule has 4 rings (SSSR count). The fraction of sp³-hybridized carbons (Fsp3) is 0.0476. The topological polar surface area (TPSA) is 46.4 Å². The van der Waals surface area contributed by atoms with Crippen LogP contribution >= 0.6 is 0 Å². The summed E-state index contributed by atoms with van der Waals surface area (Å²) in [5.74, 6) is -0.666. The molecule has 2 aromatic heterocycles. The average Bonchev–Trinajstić information content (AvgIpc) is 3.06. The molecule has 0 saturated heterocycles. The molecule has 0 aliphatic rings. The maximum atomic E-state index is 13.1. The molecule has 2 aromatic carbocycles. The zero-order chi connectivity index (χ0) is 20.6. The molecule has 1 amide bonds. The van der Waals surface area contributed by atoms with Gasteiger partial charge in [-0.1, -0.05) is 18.2 Å². The predicted molar refractivity (Wildman–Crippen MR) is 100.0 cm³/mol. The van der Waals surface area contributed by atoms with Crippen LogP contribution in [0.4, 0.5) is 23.4 Å². The summed E-state index contributed by atoms with van der Waals surface area (Å²) in [5.41, 5.74) is 0.700. The zero-order valence-corrected chi connectivity index (χ0v) is 14.7. The van der Waals surface area contributed by atoms with E-state index in [4.69, 9.17) is 0 Å². The van der Waals surface area contributed by atoms with E-state index in [2.05, 4.69) is 10.3 Å². The summed E-state index contributed by atoms with van der Waals surface area (Å²) in [7, 11) is 0. The number of imidazole rings is 1. The van der Waals surface area contributed by atoms with Crippen molar-refractivity contribution in [2.45, 2.75) is 6.18 Å². The molecule has 0 aliphatic carbocycles. The monoisotopic (exact) mass is 399 g/mol. The number of hydrogen-bond acceptors (Lipinski definition) is 2. The highest BCUT2D eigenvalue weighted by atomic mass is 19.4. The molecule has 0 atom stereocenters. The summed E-state index contributed by atoms with van der Waals surface area (Å²) in [5, 5.41) is 2.73. The summed E-state index contributed by atoms with van der Waals surface area (Å²) < 4.78 is 53.3. The van der Waals surface area contributed by atoms with Gasteiger partial charge in [0.05, 0.1) is 5.56 Å². The lowest BCUT2D eigenvalue weighted by Gasteiger charge is -2.09. The molecule has 0 bridgehead atoms. The number of halogens is 4. The van der Waals surface area contributed by atoms with Gasteiger partial charge >= 0.3 is 6.18 Å². The molecule has 4 nitrogen and oxygen atoms in total. The van der Waals surface area contributed by atoms with Gasteiger partial charge in [-0.05, 0) is 48.5 Å². The van der Waals surface area contributed by atoms with Crippen molar-refractivity contribution in [3.05, 3.63) is 89.9 Å². The van der Waals surface area contributed by atoms with Gasteiger partial charge in [-0.3, -0.25) is 9.20 Å². The smallest absolute Gasteiger partial charge is 0.306 e. The summed E-state index contributed by atoms with van der Waals surface area (Å²) >= 11 is 0. The lowest BCUT2D eigenvalue weighted by Crippen LogP contribution is -2.14. The number of rotatable bonds is 3. The minimum atomic E-state index is -4.45. The third kappa shape index (κ3) is 3.69. The largest absolute Gasteiger partial charge is 0.416 e. The Morgan fingerprint density at radius 2 is 1.62 bits per heavy atom. The summed E-state index contributed by atoms with van der Waals surface area (Å²) in [6.45, 7) is 0. The number of alkyl halides is 3. The number of carbonyl (C=O) groups excluding carboxylic acids is 1. The zero-order valence-electron chi connectivity index (χ0n) is 14.7. The molecular formula is C21H13F4N3O. The van der Waals surface area contributed by atoms with Gasteiger partial charge in [-0.2, -0.15) is 13.2 Å². The first-order valence-electron chi connectivity index (χ1n) is 8.54. The van der Waals surface area contributed by atoms with Gasteiger partial charge in [0, 0.05) is 17.3 Å². The highest BCUT2D eigenvalue weighted by Gasteiger charge is 2.30. The lowest BCUT2D eigenvalue weighted by atomic mass is 10.1. The first kappa shape index (κ1) is 18.7. The number of carbonyl (C=O) groups is 1. The Hall–Kier alpha value is -3.68. The maximum Gasteiger partial charge on any atom is 0.416 e. The van der Waals surface area contributed by atoms with Crippen molar-refractivity contribution in [1.82, 2.24) is 9.38 Å². The Bertz CT molecular complexity index is 1180. The van der Waals surface area contributed by atoms with Crippen LogP contribution in [0.25, 0.3) is 16.9 Å². The summed E-state index contributed by atoms with van der Waals surface area (Å²) in [4.78, 5) is 17.1. The molecule has 146 valence electrons. The van der Waals surface area contributed by atoms with Crippen LogP contribution in [0.1, 0.15) is 15.9 Å². The third-order valence-electron chi connectivity index (χ3n) is 4.35. The summed E-state index contributed by atoms with van der Waals surface area (Å²) in [6, 6.07) is 14.7. The van der Waals surface area contributed by atoms with E-state index in [9.17, 15) is 22.4 Å². The summed E-state index contributed by atoms with van der Waals surface area (Å²) in [6.07, 6.45) is -2.77. The second-order valence-electron chi connectivity index (χ2n) is 6.27. The number of pyridine rings is 1. The predicted octanol–water partition coefficient (Wildman–Crippen LogP) is 5.41. The van der Waals surface area contributed by atoms with Gasteiger partial charge in [0.1, 0.15) is 23.0 Å². The molecular weight excluding hydrogens is 386 g/mol.